The molecule has 1 N–H and O–H groups in total. The number of hydrogen-bond donors (Lipinski definition) is 1. The van der Waals surface area contributed by atoms with E-state index in [1.165, 1.54) is 12.8 Å². The Morgan fingerprint density at radius 2 is 1.70 bits per heavy atom. The van der Waals surface area contributed by atoms with Gasteiger partial charge in [0.25, 0.3) is 0 Å². The van der Waals surface area contributed by atoms with Crippen molar-refractivity contribution in [2.45, 2.75) is 37.4 Å². The predicted octanol–water partition coefficient (Wildman–Crippen LogP) is 0.486. The highest BCUT2D eigenvalue weighted by molar-refractivity contribution is 7.90. The van der Waals surface area contributed by atoms with E-state index >= 15 is 0 Å². The summed E-state index contributed by atoms with van der Waals surface area (Å²) < 4.78 is 26.3. The zero-order chi connectivity index (χ0) is 14.0. The minimum Gasteiger partial charge on any atom is -0.317 e. The van der Waals surface area contributed by atoms with Crippen LogP contribution in [0.15, 0.2) is 0 Å². The predicted molar refractivity (Wildman–Crippen MR) is 80.2 cm³/mol. The largest absolute Gasteiger partial charge is 0.317 e. The van der Waals surface area contributed by atoms with E-state index < -0.39 is 10.0 Å². The van der Waals surface area contributed by atoms with Crippen molar-refractivity contribution in [2.24, 2.45) is 5.92 Å². The van der Waals surface area contributed by atoms with Gasteiger partial charge >= 0.3 is 0 Å². The molecular formula is C14H27N3O2S. The van der Waals surface area contributed by atoms with Crippen LogP contribution in [0.25, 0.3) is 0 Å². The van der Waals surface area contributed by atoms with E-state index in [0.717, 1.165) is 64.4 Å². The van der Waals surface area contributed by atoms with Crippen molar-refractivity contribution < 1.29 is 8.42 Å². The fourth-order valence-corrected chi connectivity index (χ4v) is 5.26. The first-order valence-corrected chi connectivity index (χ1v) is 9.58. The van der Waals surface area contributed by atoms with Gasteiger partial charge in [-0.25, -0.2) is 12.7 Å². The van der Waals surface area contributed by atoms with Gasteiger partial charge < -0.3 is 10.2 Å². The molecular weight excluding hydrogens is 274 g/mol. The van der Waals surface area contributed by atoms with E-state index in [-0.39, 0.29) is 5.25 Å². The van der Waals surface area contributed by atoms with Crippen molar-refractivity contribution in [3.05, 3.63) is 0 Å². The Hall–Kier alpha value is -0.170. The van der Waals surface area contributed by atoms with Crippen LogP contribution in [0.5, 0.6) is 0 Å². The van der Waals surface area contributed by atoms with Crippen LogP contribution in [0.3, 0.4) is 0 Å². The third-order valence-corrected chi connectivity index (χ3v) is 7.23. The zero-order valence-corrected chi connectivity index (χ0v) is 13.1. The number of rotatable bonds is 4. The van der Waals surface area contributed by atoms with Crippen molar-refractivity contribution in [1.29, 1.82) is 0 Å². The second-order valence-corrected chi connectivity index (χ2v) is 8.70. The van der Waals surface area contributed by atoms with Gasteiger partial charge in [-0.3, -0.25) is 0 Å². The molecule has 2 heterocycles. The molecule has 1 aliphatic carbocycles. The standard InChI is InChI=1S/C14H27N3O2S/c18-20(19,14-2-3-14)17-9-1-8-16(10-11-17)12-13-4-6-15-7-5-13/h13-15H,1-12H2. The molecule has 3 aliphatic rings. The van der Waals surface area contributed by atoms with Crippen LogP contribution < -0.4 is 5.32 Å². The second kappa shape index (κ2) is 6.30. The van der Waals surface area contributed by atoms with Crippen LogP contribution in [0, 0.1) is 5.92 Å². The van der Waals surface area contributed by atoms with Crippen LogP contribution in [-0.4, -0.2) is 68.7 Å². The van der Waals surface area contributed by atoms with Gasteiger partial charge in [0.05, 0.1) is 5.25 Å². The van der Waals surface area contributed by atoms with Crippen molar-refractivity contribution in [3.63, 3.8) is 0 Å². The maximum absolute atomic E-state index is 12.3. The number of hydrogen-bond acceptors (Lipinski definition) is 4. The molecule has 0 aromatic rings. The molecule has 116 valence electrons. The van der Waals surface area contributed by atoms with Gasteiger partial charge in [-0.15, -0.1) is 0 Å². The third kappa shape index (κ3) is 3.53. The average Bonchev–Trinajstić information content (AvgIpc) is 3.27. The highest BCUT2D eigenvalue weighted by atomic mass is 32.2. The Kier molecular flexibility index (Phi) is 4.65. The van der Waals surface area contributed by atoms with E-state index in [1.54, 1.807) is 4.31 Å². The lowest BCUT2D eigenvalue weighted by molar-refractivity contribution is 0.213. The zero-order valence-electron chi connectivity index (χ0n) is 12.3. The summed E-state index contributed by atoms with van der Waals surface area (Å²) >= 11 is 0. The van der Waals surface area contributed by atoms with Crippen molar-refractivity contribution in [1.82, 2.24) is 14.5 Å². The van der Waals surface area contributed by atoms with Crippen LogP contribution in [0.4, 0.5) is 0 Å². The molecule has 0 bridgehead atoms. The van der Waals surface area contributed by atoms with Gasteiger partial charge in [-0.2, -0.15) is 0 Å². The van der Waals surface area contributed by atoms with E-state index in [2.05, 4.69) is 10.2 Å². The molecule has 5 nitrogen and oxygen atoms in total. The molecule has 0 aromatic heterocycles. The fourth-order valence-electron chi connectivity index (χ4n) is 3.39. The van der Waals surface area contributed by atoms with E-state index in [1.807, 2.05) is 0 Å². The third-order valence-electron chi connectivity index (χ3n) is 4.83. The molecule has 0 amide bonds. The Morgan fingerprint density at radius 1 is 0.950 bits per heavy atom. The summed E-state index contributed by atoms with van der Waals surface area (Å²) in [4.78, 5) is 2.48. The molecule has 3 rings (SSSR count). The topological polar surface area (TPSA) is 52.7 Å². The lowest BCUT2D eigenvalue weighted by Crippen LogP contribution is -2.39. The van der Waals surface area contributed by atoms with E-state index in [4.69, 9.17) is 0 Å². The first-order valence-electron chi connectivity index (χ1n) is 8.08. The van der Waals surface area contributed by atoms with Gasteiger partial charge in [-0.1, -0.05) is 0 Å². The highest BCUT2D eigenvalue weighted by Crippen LogP contribution is 2.31. The smallest absolute Gasteiger partial charge is 0.217 e. The molecule has 1 saturated carbocycles. The molecule has 3 fully saturated rings. The second-order valence-electron chi connectivity index (χ2n) is 6.49. The Morgan fingerprint density at radius 3 is 2.40 bits per heavy atom. The van der Waals surface area contributed by atoms with Crippen LogP contribution in [-0.2, 0) is 10.0 Å². The molecule has 6 heteroatoms. The Bertz CT molecular complexity index is 416. The van der Waals surface area contributed by atoms with Crippen LogP contribution >= 0.6 is 0 Å². The number of nitrogens with zero attached hydrogens (tertiary/aromatic N) is 2. The number of piperidine rings is 1. The summed E-state index contributed by atoms with van der Waals surface area (Å²) in [7, 11) is -2.97. The maximum atomic E-state index is 12.3. The molecule has 0 radical (unpaired) electrons. The average molecular weight is 301 g/mol. The van der Waals surface area contributed by atoms with Gasteiger partial charge in [0.1, 0.15) is 0 Å². The summed E-state index contributed by atoms with van der Waals surface area (Å²) in [5.41, 5.74) is 0. The molecule has 0 atom stereocenters. The van der Waals surface area contributed by atoms with Crippen molar-refractivity contribution in [2.75, 3.05) is 45.8 Å². The monoisotopic (exact) mass is 301 g/mol. The van der Waals surface area contributed by atoms with Gasteiger partial charge in [-0.05, 0) is 57.7 Å². The summed E-state index contributed by atoms with van der Waals surface area (Å²) in [6.07, 6.45) is 5.26. The molecule has 20 heavy (non-hydrogen) atoms. The normalized spacial score (nSPS) is 28.4. The van der Waals surface area contributed by atoms with E-state index in [9.17, 15) is 8.42 Å². The first kappa shape index (κ1) is 14.8. The Labute approximate surface area is 122 Å². The lowest BCUT2D eigenvalue weighted by atomic mass is 9.97. The highest BCUT2D eigenvalue weighted by Gasteiger charge is 2.40. The summed E-state index contributed by atoms with van der Waals surface area (Å²) in [5.74, 6) is 0.794. The quantitative estimate of drug-likeness (QED) is 0.821. The maximum Gasteiger partial charge on any atom is 0.217 e. The summed E-state index contributed by atoms with van der Waals surface area (Å²) in [5, 5.41) is 3.35. The van der Waals surface area contributed by atoms with Gasteiger partial charge in [0.15, 0.2) is 0 Å². The molecule has 0 aromatic carbocycles. The number of nitrogens with one attached hydrogen (secondary N) is 1. The lowest BCUT2D eigenvalue weighted by Gasteiger charge is -2.29. The van der Waals surface area contributed by atoms with Crippen LogP contribution in [0.1, 0.15) is 32.1 Å². The first-order chi connectivity index (χ1) is 9.66. The SMILES string of the molecule is O=S(=O)(C1CC1)N1CCCN(CC2CCNCC2)CC1. The van der Waals surface area contributed by atoms with Crippen molar-refractivity contribution >= 4 is 10.0 Å². The number of sulfonamides is 1. The molecule has 0 spiro atoms. The molecule has 0 unspecified atom stereocenters. The van der Waals surface area contributed by atoms with E-state index in [0.29, 0.717) is 6.54 Å². The van der Waals surface area contributed by atoms with Gasteiger partial charge in [0, 0.05) is 26.2 Å². The van der Waals surface area contributed by atoms with Crippen molar-refractivity contribution in [3.8, 4) is 0 Å². The minimum atomic E-state index is -2.97. The Balaban J connectivity index is 1.51. The molecule has 2 saturated heterocycles. The molecule has 2 aliphatic heterocycles. The summed E-state index contributed by atoms with van der Waals surface area (Å²) in [6.45, 7) is 6.82. The fraction of sp³-hybridized carbons (Fsp3) is 1.00. The van der Waals surface area contributed by atoms with Crippen LogP contribution in [0.2, 0.25) is 0 Å². The van der Waals surface area contributed by atoms with Gasteiger partial charge in [0.2, 0.25) is 10.0 Å². The minimum absolute atomic E-state index is 0.0570. The summed E-state index contributed by atoms with van der Waals surface area (Å²) in [6, 6.07) is 0.